The van der Waals surface area contributed by atoms with Crippen molar-refractivity contribution in [2.24, 2.45) is 0 Å². The lowest BCUT2D eigenvalue weighted by Crippen LogP contribution is -2.52. The van der Waals surface area contributed by atoms with Crippen molar-refractivity contribution in [2.75, 3.05) is 24.6 Å². The number of para-hydroxylation sites is 2. The fraction of sp³-hybridized carbons (Fsp3) is 0.423. The standard InChI is InChI=1S/C26H30N4O5/c31-24(22-11-6-7-13-29(22)25-28-21-10-4-5-12-23(21)35-25)27-19-14-20(30(15-19)26(32)33)17-34-16-18-8-2-1-3-9-18/h1-5,8-10,12,19-20,22H,6-7,11,13-17H2,(H,27,31)(H,32,33)/t19-,20+,22+/m1/s1. The molecule has 2 amide bonds. The third-order valence-electron chi connectivity index (χ3n) is 6.76. The number of fused-ring (bicyclic) bond motifs is 1. The summed E-state index contributed by atoms with van der Waals surface area (Å²) in [7, 11) is 0. The molecule has 0 radical (unpaired) electrons. The zero-order chi connectivity index (χ0) is 24.2. The Kier molecular flexibility index (Phi) is 6.85. The summed E-state index contributed by atoms with van der Waals surface area (Å²) in [5.41, 5.74) is 2.49. The topological polar surface area (TPSA) is 108 Å². The highest BCUT2D eigenvalue weighted by Gasteiger charge is 2.39. The predicted molar refractivity (Wildman–Crippen MR) is 130 cm³/mol. The van der Waals surface area contributed by atoms with E-state index in [0.717, 1.165) is 23.9 Å². The Bertz CT molecular complexity index is 1130. The van der Waals surface area contributed by atoms with Gasteiger partial charge >= 0.3 is 6.09 Å². The molecule has 2 fully saturated rings. The summed E-state index contributed by atoms with van der Waals surface area (Å²) in [6.07, 6.45) is 2.11. The van der Waals surface area contributed by atoms with Gasteiger partial charge in [-0.2, -0.15) is 4.98 Å². The molecule has 9 heteroatoms. The van der Waals surface area contributed by atoms with Crippen molar-refractivity contribution in [3.8, 4) is 0 Å². The number of carbonyl (C=O) groups is 2. The molecular formula is C26H30N4O5. The molecule has 184 valence electrons. The van der Waals surface area contributed by atoms with Crippen LogP contribution < -0.4 is 10.2 Å². The highest BCUT2D eigenvalue weighted by Crippen LogP contribution is 2.28. The zero-order valence-electron chi connectivity index (χ0n) is 19.5. The number of rotatable bonds is 7. The van der Waals surface area contributed by atoms with Gasteiger partial charge in [0.25, 0.3) is 6.01 Å². The largest absolute Gasteiger partial charge is 0.465 e. The van der Waals surface area contributed by atoms with Gasteiger partial charge in [-0.15, -0.1) is 0 Å². The number of anilines is 1. The van der Waals surface area contributed by atoms with Crippen LogP contribution in [0.2, 0.25) is 0 Å². The fourth-order valence-corrected chi connectivity index (χ4v) is 5.01. The van der Waals surface area contributed by atoms with Gasteiger partial charge in [0, 0.05) is 19.1 Å². The average Bonchev–Trinajstić information content (AvgIpc) is 3.49. The van der Waals surface area contributed by atoms with Crippen LogP contribution in [0.1, 0.15) is 31.2 Å². The molecule has 0 unspecified atom stereocenters. The van der Waals surface area contributed by atoms with Gasteiger partial charge in [-0.1, -0.05) is 42.5 Å². The molecule has 0 aliphatic carbocycles. The van der Waals surface area contributed by atoms with E-state index in [4.69, 9.17) is 9.15 Å². The highest BCUT2D eigenvalue weighted by molar-refractivity contribution is 5.86. The third-order valence-corrected chi connectivity index (χ3v) is 6.76. The molecule has 5 rings (SSSR count). The second-order valence-corrected chi connectivity index (χ2v) is 9.20. The number of nitrogens with one attached hydrogen (secondary N) is 1. The molecule has 2 aromatic carbocycles. The van der Waals surface area contributed by atoms with Crippen molar-refractivity contribution in [2.45, 2.75) is 50.4 Å². The van der Waals surface area contributed by atoms with E-state index in [1.807, 2.05) is 59.5 Å². The van der Waals surface area contributed by atoms with Crippen LogP contribution in [-0.2, 0) is 16.1 Å². The van der Waals surface area contributed by atoms with Gasteiger partial charge in [0.05, 0.1) is 19.3 Å². The van der Waals surface area contributed by atoms with E-state index in [1.54, 1.807) is 0 Å². The van der Waals surface area contributed by atoms with Crippen molar-refractivity contribution in [1.29, 1.82) is 0 Å². The Morgan fingerprint density at radius 3 is 2.71 bits per heavy atom. The van der Waals surface area contributed by atoms with Crippen LogP contribution in [0.5, 0.6) is 0 Å². The lowest BCUT2D eigenvalue weighted by atomic mass is 10.0. The van der Waals surface area contributed by atoms with E-state index in [2.05, 4.69) is 10.3 Å². The van der Waals surface area contributed by atoms with Crippen LogP contribution in [0.3, 0.4) is 0 Å². The molecule has 2 saturated heterocycles. The highest BCUT2D eigenvalue weighted by atomic mass is 16.5. The summed E-state index contributed by atoms with van der Waals surface area (Å²) >= 11 is 0. The first-order valence-corrected chi connectivity index (χ1v) is 12.1. The van der Waals surface area contributed by atoms with Crippen molar-refractivity contribution < 1.29 is 23.8 Å². The fourth-order valence-electron chi connectivity index (χ4n) is 5.01. The summed E-state index contributed by atoms with van der Waals surface area (Å²) in [5, 5.41) is 12.8. The van der Waals surface area contributed by atoms with Crippen molar-refractivity contribution in [3.05, 3.63) is 60.2 Å². The van der Waals surface area contributed by atoms with Crippen LogP contribution in [-0.4, -0.2) is 64.8 Å². The maximum absolute atomic E-state index is 13.3. The summed E-state index contributed by atoms with van der Waals surface area (Å²) < 4.78 is 11.7. The van der Waals surface area contributed by atoms with Crippen molar-refractivity contribution >= 4 is 29.1 Å². The number of carbonyl (C=O) groups excluding carboxylic acids is 1. The van der Waals surface area contributed by atoms with Gasteiger partial charge in [0.1, 0.15) is 11.6 Å². The molecular weight excluding hydrogens is 448 g/mol. The number of oxazole rings is 1. The minimum absolute atomic E-state index is 0.117. The van der Waals surface area contributed by atoms with Gasteiger partial charge < -0.3 is 29.4 Å². The Morgan fingerprint density at radius 2 is 1.91 bits per heavy atom. The quantitative estimate of drug-likeness (QED) is 0.534. The lowest BCUT2D eigenvalue weighted by molar-refractivity contribution is -0.123. The predicted octanol–water partition coefficient (Wildman–Crippen LogP) is 3.64. The number of piperidine rings is 1. The number of benzene rings is 2. The minimum Gasteiger partial charge on any atom is -0.465 e. The van der Waals surface area contributed by atoms with Gasteiger partial charge in [-0.05, 0) is 43.4 Å². The van der Waals surface area contributed by atoms with Gasteiger partial charge in [-0.3, -0.25) is 4.79 Å². The van der Waals surface area contributed by atoms with Crippen molar-refractivity contribution in [1.82, 2.24) is 15.2 Å². The second kappa shape index (κ2) is 10.4. The summed E-state index contributed by atoms with van der Waals surface area (Å²) in [6, 6.07) is 16.8. The summed E-state index contributed by atoms with van der Waals surface area (Å²) in [6.45, 7) is 1.64. The number of amides is 2. The van der Waals surface area contributed by atoms with E-state index < -0.39 is 12.1 Å². The first-order valence-electron chi connectivity index (χ1n) is 12.1. The Hall–Kier alpha value is -3.59. The first-order chi connectivity index (χ1) is 17.1. The van der Waals surface area contributed by atoms with E-state index >= 15 is 0 Å². The summed E-state index contributed by atoms with van der Waals surface area (Å²) in [5.74, 6) is -0.117. The molecule has 3 heterocycles. The molecule has 35 heavy (non-hydrogen) atoms. The maximum Gasteiger partial charge on any atom is 0.407 e. The van der Waals surface area contributed by atoms with E-state index in [0.29, 0.717) is 37.6 Å². The third kappa shape index (κ3) is 5.24. The molecule has 2 N–H and O–H groups in total. The van der Waals surface area contributed by atoms with Crippen LogP contribution in [0, 0.1) is 0 Å². The lowest BCUT2D eigenvalue weighted by Gasteiger charge is -2.34. The van der Waals surface area contributed by atoms with E-state index in [9.17, 15) is 14.7 Å². The molecule has 3 atom stereocenters. The smallest absolute Gasteiger partial charge is 0.407 e. The Morgan fingerprint density at radius 1 is 1.11 bits per heavy atom. The van der Waals surface area contributed by atoms with Crippen molar-refractivity contribution in [3.63, 3.8) is 0 Å². The molecule has 1 aromatic heterocycles. The van der Waals surface area contributed by atoms with E-state index in [1.165, 1.54) is 4.90 Å². The molecule has 9 nitrogen and oxygen atoms in total. The minimum atomic E-state index is -0.999. The Balaban J connectivity index is 1.21. The van der Waals surface area contributed by atoms with Crippen LogP contribution in [0.25, 0.3) is 11.1 Å². The second-order valence-electron chi connectivity index (χ2n) is 9.20. The van der Waals surface area contributed by atoms with Gasteiger partial charge in [0.2, 0.25) is 5.91 Å². The number of carboxylic acid groups (broad SMARTS) is 1. The monoisotopic (exact) mass is 478 g/mol. The van der Waals surface area contributed by atoms with Crippen LogP contribution in [0.15, 0.2) is 59.0 Å². The molecule has 3 aromatic rings. The maximum atomic E-state index is 13.3. The molecule has 2 aliphatic rings. The molecule has 2 aliphatic heterocycles. The number of nitrogens with zero attached hydrogens (tertiary/aromatic N) is 3. The Labute approximate surface area is 203 Å². The van der Waals surface area contributed by atoms with Gasteiger partial charge in [0.15, 0.2) is 5.58 Å². The summed E-state index contributed by atoms with van der Waals surface area (Å²) in [4.78, 5) is 33.0. The SMILES string of the molecule is O=C(N[C@@H]1C[C@@H](COCc2ccccc2)N(C(=O)O)C1)[C@@H]1CCCCN1c1nc2ccccc2o1. The normalized spacial score (nSPS) is 22.5. The zero-order valence-corrected chi connectivity index (χ0v) is 19.5. The first kappa shape index (κ1) is 23.2. The molecule has 0 bridgehead atoms. The molecule has 0 saturated carbocycles. The average molecular weight is 479 g/mol. The number of aromatic nitrogens is 1. The van der Waals surface area contributed by atoms with E-state index in [-0.39, 0.29) is 31.1 Å². The van der Waals surface area contributed by atoms with Gasteiger partial charge in [-0.25, -0.2) is 4.79 Å². The number of ether oxygens (including phenoxy) is 1. The van der Waals surface area contributed by atoms with Crippen LogP contribution >= 0.6 is 0 Å². The number of likely N-dealkylation sites (tertiary alicyclic amines) is 1. The number of hydrogen-bond donors (Lipinski definition) is 2. The number of hydrogen-bond acceptors (Lipinski definition) is 6. The molecule has 0 spiro atoms. The van der Waals surface area contributed by atoms with Crippen LogP contribution in [0.4, 0.5) is 10.8 Å².